The van der Waals surface area contributed by atoms with Crippen LogP contribution < -0.4 is 10.5 Å². The lowest BCUT2D eigenvalue weighted by atomic mass is 9.88. The van der Waals surface area contributed by atoms with E-state index in [0.29, 0.717) is 11.8 Å². The molecule has 3 unspecified atom stereocenters. The number of carbonyl (C=O) groups is 1. The third-order valence-electron chi connectivity index (χ3n) is 4.60. The number of benzene rings is 1. The standard InChI is InChI=1S/C14H17FN2O3S/c15-12-7-10(21(16,19)20)3-4-13(12)17-14(18)11-6-8-1-2-9(11)5-8/h3-4,7-9,11H,1-2,5-6H2,(H,17,18)(H2,16,19,20). The van der Waals surface area contributed by atoms with Crippen LogP contribution in [-0.2, 0) is 14.8 Å². The minimum atomic E-state index is -3.95. The zero-order chi connectivity index (χ0) is 15.2. The van der Waals surface area contributed by atoms with Crippen LogP contribution in [0.25, 0.3) is 0 Å². The molecule has 7 heteroatoms. The Bertz CT molecular complexity index is 689. The Balaban J connectivity index is 1.75. The minimum Gasteiger partial charge on any atom is -0.323 e. The average Bonchev–Trinajstić information content (AvgIpc) is 3.02. The van der Waals surface area contributed by atoms with Gasteiger partial charge in [0.2, 0.25) is 15.9 Å². The van der Waals surface area contributed by atoms with Gasteiger partial charge in [0.15, 0.2) is 0 Å². The zero-order valence-corrected chi connectivity index (χ0v) is 12.2. The Morgan fingerprint density at radius 1 is 1.29 bits per heavy atom. The van der Waals surface area contributed by atoms with Gasteiger partial charge in [0.1, 0.15) is 5.82 Å². The summed E-state index contributed by atoms with van der Waals surface area (Å²) in [5, 5.41) is 7.50. The van der Waals surface area contributed by atoms with Crippen LogP contribution in [0.5, 0.6) is 0 Å². The Hall–Kier alpha value is -1.47. The van der Waals surface area contributed by atoms with Crippen molar-refractivity contribution in [3.8, 4) is 0 Å². The number of fused-ring (bicyclic) bond motifs is 2. The second-order valence-corrected chi connectivity index (χ2v) is 7.52. The highest BCUT2D eigenvalue weighted by atomic mass is 32.2. The summed E-state index contributed by atoms with van der Waals surface area (Å²) in [4.78, 5) is 11.9. The summed E-state index contributed by atoms with van der Waals surface area (Å²) in [5.74, 6) is 0.00525. The summed E-state index contributed by atoms with van der Waals surface area (Å²) >= 11 is 0. The molecule has 2 fully saturated rings. The zero-order valence-electron chi connectivity index (χ0n) is 11.4. The summed E-state index contributed by atoms with van der Waals surface area (Å²) in [7, 11) is -3.95. The van der Waals surface area contributed by atoms with Crippen LogP contribution in [0.3, 0.4) is 0 Å². The number of primary sulfonamides is 1. The molecular formula is C14H17FN2O3S. The van der Waals surface area contributed by atoms with E-state index in [1.54, 1.807) is 0 Å². The van der Waals surface area contributed by atoms with Crippen molar-refractivity contribution in [2.45, 2.75) is 30.6 Å². The third-order valence-corrected chi connectivity index (χ3v) is 5.51. The van der Waals surface area contributed by atoms with Gasteiger partial charge in [-0.15, -0.1) is 0 Å². The maximum atomic E-state index is 13.9. The van der Waals surface area contributed by atoms with Crippen LogP contribution in [0.15, 0.2) is 23.1 Å². The van der Waals surface area contributed by atoms with E-state index in [0.717, 1.165) is 25.3 Å². The predicted octanol–water partition coefficient (Wildman–Crippen LogP) is 1.85. The number of carbonyl (C=O) groups excluding carboxylic acids is 1. The number of hydrogen-bond donors (Lipinski definition) is 2. The first kappa shape index (κ1) is 14.5. The van der Waals surface area contributed by atoms with Crippen LogP contribution in [0, 0.1) is 23.6 Å². The Labute approximate surface area is 122 Å². The number of sulfonamides is 1. The lowest BCUT2D eigenvalue weighted by molar-refractivity contribution is -0.121. The smallest absolute Gasteiger partial charge is 0.238 e. The van der Waals surface area contributed by atoms with Crippen molar-refractivity contribution < 1.29 is 17.6 Å². The van der Waals surface area contributed by atoms with Crippen LogP contribution in [0.2, 0.25) is 0 Å². The van der Waals surface area contributed by atoms with Crippen molar-refractivity contribution in [1.82, 2.24) is 0 Å². The molecule has 1 aromatic rings. The molecule has 114 valence electrons. The molecule has 2 aliphatic carbocycles. The second kappa shape index (κ2) is 5.06. The number of halogens is 1. The van der Waals surface area contributed by atoms with E-state index in [1.807, 2.05) is 0 Å². The molecule has 0 heterocycles. The SMILES string of the molecule is NS(=O)(=O)c1ccc(NC(=O)C2CC3CCC2C3)c(F)c1. The van der Waals surface area contributed by atoms with Gasteiger partial charge in [-0.05, 0) is 49.3 Å². The molecule has 21 heavy (non-hydrogen) atoms. The average molecular weight is 312 g/mol. The Morgan fingerprint density at radius 2 is 2.05 bits per heavy atom. The first-order chi connectivity index (χ1) is 9.84. The highest BCUT2D eigenvalue weighted by molar-refractivity contribution is 7.89. The van der Waals surface area contributed by atoms with E-state index < -0.39 is 15.8 Å². The lowest BCUT2D eigenvalue weighted by Gasteiger charge is -2.21. The highest BCUT2D eigenvalue weighted by Gasteiger charge is 2.43. The molecule has 1 amide bonds. The third kappa shape index (κ3) is 2.80. The first-order valence-corrected chi connectivity index (χ1v) is 8.52. The highest BCUT2D eigenvalue weighted by Crippen LogP contribution is 2.48. The monoisotopic (exact) mass is 312 g/mol. The largest absolute Gasteiger partial charge is 0.323 e. The molecule has 2 saturated carbocycles. The minimum absolute atomic E-state index is 0.00447. The van der Waals surface area contributed by atoms with E-state index in [9.17, 15) is 17.6 Å². The Kier molecular flexibility index (Phi) is 3.49. The molecule has 5 nitrogen and oxygen atoms in total. The van der Waals surface area contributed by atoms with Crippen LogP contribution >= 0.6 is 0 Å². The van der Waals surface area contributed by atoms with Gasteiger partial charge in [-0.25, -0.2) is 17.9 Å². The van der Waals surface area contributed by atoms with E-state index in [1.165, 1.54) is 18.6 Å². The molecule has 0 radical (unpaired) electrons. The van der Waals surface area contributed by atoms with Crippen molar-refractivity contribution in [1.29, 1.82) is 0 Å². The summed E-state index contributed by atoms with van der Waals surface area (Å²) in [6.45, 7) is 0. The van der Waals surface area contributed by atoms with Crippen molar-refractivity contribution >= 4 is 21.6 Å². The molecule has 3 N–H and O–H groups in total. The Morgan fingerprint density at radius 3 is 2.57 bits per heavy atom. The number of anilines is 1. The van der Waals surface area contributed by atoms with Crippen molar-refractivity contribution in [2.24, 2.45) is 22.9 Å². The van der Waals surface area contributed by atoms with Crippen molar-refractivity contribution in [3.05, 3.63) is 24.0 Å². The summed E-state index contributed by atoms with van der Waals surface area (Å²) < 4.78 is 36.2. The molecule has 0 saturated heterocycles. The molecule has 1 aromatic carbocycles. The van der Waals surface area contributed by atoms with E-state index in [4.69, 9.17) is 5.14 Å². The molecule has 2 aliphatic rings. The number of nitrogens with one attached hydrogen (secondary N) is 1. The molecule has 3 rings (SSSR count). The van der Waals surface area contributed by atoms with Gasteiger partial charge in [0, 0.05) is 5.92 Å². The number of hydrogen-bond acceptors (Lipinski definition) is 3. The molecule has 0 spiro atoms. The summed E-state index contributed by atoms with van der Waals surface area (Å²) in [5.41, 5.74) is -0.00447. The van der Waals surface area contributed by atoms with Crippen molar-refractivity contribution in [2.75, 3.05) is 5.32 Å². The van der Waals surface area contributed by atoms with Gasteiger partial charge in [-0.1, -0.05) is 6.42 Å². The lowest BCUT2D eigenvalue weighted by Crippen LogP contribution is -2.27. The molecule has 0 aromatic heterocycles. The van der Waals surface area contributed by atoms with E-state index >= 15 is 0 Å². The number of rotatable bonds is 3. The summed E-state index contributed by atoms with van der Waals surface area (Å²) in [6, 6.07) is 3.25. The van der Waals surface area contributed by atoms with Gasteiger partial charge < -0.3 is 5.32 Å². The number of amides is 1. The summed E-state index contributed by atoms with van der Waals surface area (Å²) in [6.07, 6.45) is 4.21. The van der Waals surface area contributed by atoms with E-state index in [2.05, 4.69) is 5.32 Å². The molecule has 3 atom stereocenters. The molecule has 2 bridgehead atoms. The fraction of sp³-hybridized carbons (Fsp3) is 0.500. The predicted molar refractivity (Wildman–Crippen MR) is 75.3 cm³/mol. The fourth-order valence-electron chi connectivity index (χ4n) is 3.57. The van der Waals surface area contributed by atoms with Gasteiger partial charge in [0.25, 0.3) is 0 Å². The normalized spacial score (nSPS) is 27.8. The quantitative estimate of drug-likeness (QED) is 0.892. The number of nitrogens with two attached hydrogens (primary N) is 1. The first-order valence-electron chi connectivity index (χ1n) is 6.98. The second-order valence-electron chi connectivity index (χ2n) is 5.96. The fourth-order valence-corrected chi connectivity index (χ4v) is 4.09. The van der Waals surface area contributed by atoms with Crippen molar-refractivity contribution in [3.63, 3.8) is 0 Å². The van der Waals surface area contributed by atoms with Crippen LogP contribution in [-0.4, -0.2) is 14.3 Å². The van der Waals surface area contributed by atoms with Crippen LogP contribution in [0.4, 0.5) is 10.1 Å². The topological polar surface area (TPSA) is 89.3 Å². The molecular weight excluding hydrogens is 295 g/mol. The van der Waals surface area contributed by atoms with E-state index in [-0.39, 0.29) is 22.4 Å². The van der Waals surface area contributed by atoms with Crippen LogP contribution in [0.1, 0.15) is 25.7 Å². The molecule has 0 aliphatic heterocycles. The van der Waals surface area contributed by atoms with Gasteiger partial charge >= 0.3 is 0 Å². The van der Waals surface area contributed by atoms with Gasteiger partial charge in [-0.3, -0.25) is 4.79 Å². The van der Waals surface area contributed by atoms with Gasteiger partial charge in [-0.2, -0.15) is 0 Å². The van der Waals surface area contributed by atoms with Gasteiger partial charge in [0.05, 0.1) is 10.6 Å². The maximum absolute atomic E-state index is 13.9. The maximum Gasteiger partial charge on any atom is 0.238 e.